The molecule has 86 valence electrons. The van der Waals surface area contributed by atoms with Crippen LogP contribution < -0.4 is 5.32 Å². The summed E-state index contributed by atoms with van der Waals surface area (Å²) in [6, 6.07) is 0.219. The van der Waals surface area contributed by atoms with E-state index in [0.29, 0.717) is 12.5 Å². The number of rotatable bonds is 7. The molecule has 0 saturated heterocycles. The fourth-order valence-electron chi connectivity index (χ4n) is 1.37. The summed E-state index contributed by atoms with van der Waals surface area (Å²) in [7, 11) is 1.70. The maximum atomic E-state index is 5.16. The van der Waals surface area contributed by atoms with Gasteiger partial charge in [0, 0.05) is 13.7 Å². The van der Waals surface area contributed by atoms with Gasteiger partial charge in [-0.15, -0.1) is 0 Å². The van der Waals surface area contributed by atoms with Gasteiger partial charge in [-0.1, -0.05) is 13.8 Å². The molecule has 5 nitrogen and oxygen atoms in total. The molecule has 1 aromatic rings. The molecular weight excluding hydrogens is 192 g/mol. The third-order valence-corrected chi connectivity index (χ3v) is 2.10. The molecule has 1 heterocycles. The maximum absolute atomic E-state index is 5.16. The molecular formula is C10H20N4O. The zero-order valence-corrected chi connectivity index (χ0v) is 9.68. The lowest BCUT2D eigenvalue weighted by Gasteiger charge is -2.17. The van der Waals surface area contributed by atoms with Gasteiger partial charge in [-0.25, -0.2) is 9.67 Å². The third kappa shape index (κ3) is 4.40. The van der Waals surface area contributed by atoms with E-state index in [2.05, 4.69) is 29.2 Å². The Bertz CT molecular complexity index is 248. The smallest absolute Gasteiger partial charge is 0.137 e. The molecule has 0 aliphatic carbocycles. The number of hydrogen-bond acceptors (Lipinski definition) is 4. The van der Waals surface area contributed by atoms with E-state index in [4.69, 9.17) is 4.74 Å². The molecule has 0 fully saturated rings. The van der Waals surface area contributed by atoms with Crippen molar-refractivity contribution >= 4 is 0 Å². The van der Waals surface area contributed by atoms with Crippen molar-refractivity contribution in [1.82, 2.24) is 20.1 Å². The van der Waals surface area contributed by atoms with Crippen molar-refractivity contribution in [3.05, 3.63) is 12.7 Å². The van der Waals surface area contributed by atoms with Crippen LogP contribution in [0.3, 0.4) is 0 Å². The predicted molar refractivity (Wildman–Crippen MR) is 58.6 cm³/mol. The van der Waals surface area contributed by atoms with Crippen molar-refractivity contribution < 1.29 is 4.74 Å². The number of methoxy groups -OCH3 is 1. The van der Waals surface area contributed by atoms with E-state index < -0.39 is 0 Å². The van der Waals surface area contributed by atoms with Gasteiger partial charge in [0.25, 0.3) is 0 Å². The Morgan fingerprint density at radius 2 is 2.20 bits per heavy atom. The van der Waals surface area contributed by atoms with Gasteiger partial charge in [-0.05, 0) is 12.5 Å². The molecule has 0 amide bonds. The van der Waals surface area contributed by atoms with Gasteiger partial charge in [-0.3, -0.25) is 0 Å². The van der Waals surface area contributed by atoms with Crippen LogP contribution in [0.4, 0.5) is 0 Å². The Labute approximate surface area is 90.8 Å². The monoisotopic (exact) mass is 212 g/mol. The molecule has 1 N–H and O–H groups in total. The quantitative estimate of drug-likeness (QED) is 0.723. The minimum atomic E-state index is 0.219. The molecule has 1 unspecified atom stereocenters. The first-order valence-corrected chi connectivity index (χ1v) is 5.27. The summed E-state index contributed by atoms with van der Waals surface area (Å²) in [5.41, 5.74) is 0. The maximum Gasteiger partial charge on any atom is 0.137 e. The van der Waals surface area contributed by atoms with E-state index in [0.717, 1.165) is 13.1 Å². The number of aromatic nitrogens is 3. The second-order valence-electron chi connectivity index (χ2n) is 4.04. The number of ether oxygens (including phenoxy) is 1. The summed E-state index contributed by atoms with van der Waals surface area (Å²) in [6.07, 6.45) is 3.27. The summed E-state index contributed by atoms with van der Waals surface area (Å²) >= 11 is 0. The highest BCUT2D eigenvalue weighted by atomic mass is 16.5. The first kappa shape index (κ1) is 12.1. The average Bonchev–Trinajstić information content (AvgIpc) is 2.68. The third-order valence-electron chi connectivity index (χ3n) is 2.10. The van der Waals surface area contributed by atoms with E-state index in [9.17, 15) is 0 Å². The first-order valence-electron chi connectivity index (χ1n) is 5.27. The number of nitrogens with one attached hydrogen (secondary N) is 1. The topological polar surface area (TPSA) is 52.0 Å². The van der Waals surface area contributed by atoms with Crippen molar-refractivity contribution in [3.63, 3.8) is 0 Å². The molecule has 0 spiro atoms. The Balaban J connectivity index is 2.38. The van der Waals surface area contributed by atoms with Crippen LogP contribution in [0.1, 0.15) is 19.9 Å². The van der Waals surface area contributed by atoms with Crippen molar-refractivity contribution in [2.45, 2.75) is 19.9 Å². The summed E-state index contributed by atoms with van der Waals surface area (Å²) in [4.78, 5) is 3.94. The minimum Gasteiger partial charge on any atom is -0.382 e. The van der Waals surface area contributed by atoms with Gasteiger partial charge in [0.15, 0.2) is 0 Å². The van der Waals surface area contributed by atoms with Crippen molar-refractivity contribution in [2.24, 2.45) is 5.92 Å². The second-order valence-corrected chi connectivity index (χ2v) is 4.04. The molecule has 0 radical (unpaired) electrons. The molecule has 1 aromatic heterocycles. The van der Waals surface area contributed by atoms with Gasteiger partial charge >= 0.3 is 0 Å². The van der Waals surface area contributed by atoms with E-state index in [1.807, 2.05) is 4.68 Å². The highest BCUT2D eigenvalue weighted by Gasteiger charge is 2.10. The van der Waals surface area contributed by atoms with Crippen LogP contribution in [0.25, 0.3) is 0 Å². The lowest BCUT2D eigenvalue weighted by molar-refractivity contribution is 0.147. The van der Waals surface area contributed by atoms with Crippen LogP contribution in [0.5, 0.6) is 0 Å². The molecule has 15 heavy (non-hydrogen) atoms. The highest BCUT2D eigenvalue weighted by molar-refractivity contribution is 4.71. The van der Waals surface area contributed by atoms with Crippen molar-refractivity contribution in [3.8, 4) is 0 Å². The number of hydrogen-bond donors (Lipinski definition) is 1. The minimum absolute atomic E-state index is 0.219. The highest BCUT2D eigenvalue weighted by Crippen LogP contribution is 2.02. The van der Waals surface area contributed by atoms with Crippen LogP contribution in [-0.2, 0) is 4.74 Å². The Morgan fingerprint density at radius 1 is 1.40 bits per heavy atom. The molecule has 1 rings (SSSR count). The zero-order valence-electron chi connectivity index (χ0n) is 9.68. The summed E-state index contributed by atoms with van der Waals surface area (Å²) in [5, 5.41) is 7.51. The van der Waals surface area contributed by atoms with E-state index in [-0.39, 0.29) is 6.04 Å². The van der Waals surface area contributed by atoms with E-state index in [1.165, 1.54) is 0 Å². The molecule has 0 saturated carbocycles. The van der Waals surface area contributed by atoms with Crippen molar-refractivity contribution in [1.29, 1.82) is 0 Å². The van der Waals surface area contributed by atoms with Crippen LogP contribution in [0, 0.1) is 5.92 Å². The Morgan fingerprint density at radius 3 is 2.73 bits per heavy atom. The van der Waals surface area contributed by atoms with Gasteiger partial charge in [0.2, 0.25) is 0 Å². The van der Waals surface area contributed by atoms with Gasteiger partial charge in [0.05, 0.1) is 12.6 Å². The molecule has 5 heteroatoms. The predicted octanol–water partition coefficient (Wildman–Crippen LogP) is 0.711. The van der Waals surface area contributed by atoms with Crippen molar-refractivity contribution in [2.75, 3.05) is 26.8 Å². The standard InChI is InChI=1S/C10H20N4O/c1-9(2)4-11-5-10(6-15-3)14-8-12-7-13-14/h7-11H,4-6H2,1-3H3. The number of nitrogens with zero attached hydrogens (tertiary/aromatic N) is 3. The zero-order chi connectivity index (χ0) is 11.1. The van der Waals surface area contributed by atoms with E-state index >= 15 is 0 Å². The van der Waals surface area contributed by atoms with Crippen LogP contribution in [-0.4, -0.2) is 41.6 Å². The lowest BCUT2D eigenvalue weighted by atomic mass is 10.2. The summed E-state index contributed by atoms with van der Waals surface area (Å²) in [5.74, 6) is 0.656. The van der Waals surface area contributed by atoms with E-state index in [1.54, 1.807) is 19.8 Å². The second kappa shape index (κ2) is 6.53. The lowest BCUT2D eigenvalue weighted by Crippen LogP contribution is -2.31. The molecule has 0 aliphatic heterocycles. The summed E-state index contributed by atoms with van der Waals surface area (Å²) < 4.78 is 6.99. The largest absolute Gasteiger partial charge is 0.382 e. The fraction of sp³-hybridized carbons (Fsp3) is 0.800. The van der Waals surface area contributed by atoms with Gasteiger partial charge in [-0.2, -0.15) is 5.10 Å². The van der Waals surface area contributed by atoms with Gasteiger partial charge in [0.1, 0.15) is 12.7 Å². The van der Waals surface area contributed by atoms with Crippen LogP contribution in [0.15, 0.2) is 12.7 Å². The first-order chi connectivity index (χ1) is 7.24. The van der Waals surface area contributed by atoms with Crippen LogP contribution in [0.2, 0.25) is 0 Å². The SMILES string of the molecule is COCC(CNCC(C)C)n1cncn1. The molecule has 0 aromatic carbocycles. The average molecular weight is 212 g/mol. The molecule has 1 atom stereocenters. The fourth-order valence-corrected chi connectivity index (χ4v) is 1.37. The van der Waals surface area contributed by atoms with Crippen LogP contribution >= 0.6 is 0 Å². The Kier molecular flexibility index (Phi) is 5.28. The molecule has 0 bridgehead atoms. The molecule has 0 aliphatic rings. The van der Waals surface area contributed by atoms with Gasteiger partial charge < -0.3 is 10.1 Å². The Hall–Kier alpha value is -0.940. The summed E-state index contributed by atoms with van der Waals surface area (Å²) in [6.45, 7) is 6.89. The normalized spacial score (nSPS) is 13.3.